The molecule has 26 heavy (non-hydrogen) atoms. The number of para-hydroxylation sites is 2. The number of nitrogens with one attached hydrogen (secondary N) is 2. The normalized spacial score (nSPS) is 16.5. The summed E-state index contributed by atoms with van der Waals surface area (Å²) in [5.74, 6) is 0.823. The first-order valence-electron chi connectivity index (χ1n) is 8.56. The fourth-order valence-corrected chi connectivity index (χ4v) is 2.66. The fourth-order valence-electron chi connectivity index (χ4n) is 2.66. The molecule has 1 heterocycles. The molecule has 6 heteroatoms. The van der Waals surface area contributed by atoms with Crippen LogP contribution in [-0.4, -0.2) is 37.1 Å². The zero-order valence-electron chi connectivity index (χ0n) is 14.8. The number of carbonyl (C=O) groups is 2. The van der Waals surface area contributed by atoms with E-state index in [4.69, 9.17) is 9.47 Å². The van der Waals surface area contributed by atoms with Crippen LogP contribution >= 0.6 is 0 Å². The Morgan fingerprint density at radius 2 is 1.92 bits per heavy atom. The van der Waals surface area contributed by atoms with Gasteiger partial charge in [-0.25, -0.2) is 0 Å². The number of hydrogen-bond acceptors (Lipinski definition) is 4. The summed E-state index contributed by atoms with van der Waals surface area (Å²) in [6.45, 7) is 4.23. The van der Waals surface area contributed by atoms with Gasteiger partial charge in [-0.1, -0.05) is 29.8 Å². The highest BCUT2D eigenvalue weighted by Crippen LogP contribution is 2.30. The summed E-state index contributed by atoms with van der Waals surface area (Å²) in [5, 5.41) is 5.50. The Bertz CT molecular complexity index is 806. The number of rotatable bonds is 5. The minimum atomic E-state index is -0.653. The van der Waals surface area contributed by atoms with E-state index in [0.29, 0.717) is 30.2 Å². The Morgan fingerprint density at radius 3 is 2.69 bits per heavy atom. The lowest BCUT2D eigenvalue weighted by Crippen LogP contribution is -2.48. The quantitative estimate of drug-likeness (QED) is 0.862. The van der Waals surface area contributed by atoms with E-state index in [1.165, 1.54) is 0 Å². The molecule has 3 rings (SSSR count). The highest BCUT2D eigenvalue weighted by Gasteiger charge is 2.23. The number of benzene rings is 2. The van der Waals surface area contributed by atoms with Gasteiger partial charge in [0.1, 0.15) is 18.8 Å². The number of hydrogen-bond donors (Lipinski definition) is 2. The van der Waals surface area contributed by atoms with Gasteiger partial charge in [-0.2, -0.15) is 0 Å². The molecule has 0 aromatic heterocycles. The van der Waals surface area contributed by atoms with Crippen LogP contribution < -0.4 is 20.1 Å². The predicted molar refractivity (Wildman–Crippen MR) is 97.5 cm³/mol. The van der Waals surface area contributed by atoms with Gasteiger partial charge in [-0.3, -0.25) is 9.59 Å². The van der Waals surface area contributed by atoms with Crippen molar-refractivity contribution in [2.45, 2.75) is 26.0 Å². The maximum Gasteiger partial charge on any atom is 0.251 e. The summed E-state index contributed by atoms with van der Waals surface area (Å²) >= 11 is 0. The minimum absolute atomic E-state index is 0.270. The number of carbonyl (C=O) groups excluding carboxylic acids is 2. The van der Waals surface area contributed by atoms with Crippen molar-refractivity contribution in [2.24, 2.45) is 0 Å². The van der Waals surface area contributed by atoms with E-state index in [0.717, 1.165) is 5.56 Å². The first-order chi connectivity index (χ1) is 12.5. The second-order valence-electron chi connectivity index (χ2n) is 6.31. The molecule has 2 atom stereocenters. The molecule has 1 aliphatic rings. The lowest BCUT2D eigenvalue weighted by atomic mass is 10.1. The molecular formula is C20H22N2O4. The first-order valence-corrected chi connectivity index (χ1v) is 8.56. The van der Waals surface area contributed by atoms with Gasteiger partial charge in [-0.15, -0.1) is 0 Å². The van der Waals surface area contributed by atoms with Crippen LogP contribution in [0.2, 0.25) is 0 Å². The highest BCUT2D eigenvalue weighted by atomic mass is 16.6. The molecule has 6 nitrogen and oxygen atoms in total. The second-order valence-corrected chi connectivity index (χ2v) is 6.31. The van der Waals surface area contributed by atoms with Gasteiger partial charge in [-0.05, 0) is 38.1 Å². The Morgan fingerprint density at radius 1 is 1.15 bits per heavy atom. The number of fused-ring (bicyclic) bond motifs is 1. The third-order valence-corrected chi connectivity index (χ3v) is 4.09. The van der Waals surface area contributed by atoms with Crippen molar-refractivity contribution in [3.05, 3.63) is 59.7 Å². The zero-order chi connectivity index (χ0) is 18.5. The molecule has 2 aromatic rings. The van der Waals surface area contributed by atoms with Crippen LogP contribution in [0.5, 0.6) is 11.5 Å². The van der Waals surface area contributed by atoms with Gasteiger partial charge in [0.2, 0.25) is 5.91 Å². The van der Waals surface area contributed by atoms with Gasteiger partial charge < -0.3 is 20.1 Å². The average Bonchev–Trinajstić information content (AvgIpc) is 2.65. The summed E-state index contributed by atoms with van der Waals surface area (Å²) in [4.78, 5) is 24.5. The van der Waals surface area contributed by atoms with E-state index in [2.05, 4.69) is 10.6 Å². The lowest BCUT2D eigenvalue weighted by Gasteiger charge is -2.27. The summed E-state index contributed by atoms with van der Waals surface area (Å²) in [6.07, 6.45) is -0.270. The van der Waals surface area contributed by atoms with E-state index < -0.39 is 6.04 Å². The van der Waals surface area contributed by atoms with E-state index >= 15 is 0 Å². The van der Waals surface area contributed by atoms with Crippen LogP contribution in [0.4, 0.5) is 0 Å². The van der Waals surface area contributed by atoms with Gasteiger partial charge in [0.15, 0.2) is 11.5 Å². The Balaban J connectivity index is 1.48. The standard InChI is InChI=1S/C20H22N2O4/c1-13-6-5-7-15(10-13)20(24)22-14(2)19(23)21-11-16-12-25-17-8-3-4-9-18(17)26-16/h3-10,14,16H,11-12H2,1-2H3,(H,21,23)(H,22,24)/t14-,16?/m0/s1. The SMILES string of the molecule is Cc1cccc(C(=O)N[C@@H](C)C(=O)NCC2COc3ccccc3O2)c1. The second kappa shape index (κ2) is 7.91. The molecule has 0 saturated heterocycles. The van der Waals surface area contributed by atoms with Crippen LogP contribution in [0.1, 0.15) is 22.8 Å². The van der Waals surface area contributed by atoms with Crippen molar-refractivity contribution in [1.82, 2.24) is 10.6 Å². The topological polar surface area (TPSA) is 76.7 Å². The average molecular weight is 354 g/mol. The molecule has 1 aliphatic heterocycles. The first kappa shape index (κ1) is 17.8. The van der Waals surface area contributed by atoms with E-state index in [1.807, 2.05) is 43.3 Å². The molecule has 1 unspecified atom stereocenters. The van der Waals surface area contributed by atoms with E-state index in [9.17, 15) is 9.59 Å². The Kier molecular flexibility index (Phi) is 5.41. The molecule has 2 aromatic carbocycles. The molecular weight excluding hydrogens is 332 g/mol. The summed E-state index contributed by atoms with van der Waals surface area (Å²) in [7, 11) is 0. The summed E-state index contributed by atoms with van der Waals surface area (Å²) in [5.41, 5.74) is 1.52. The third kappa shape index (κ3) is 4.33. The molecule has 2 N–H and O–H groups in total. The van der Waals surface area contributed by atoms with Crippen LogP contribution in [0.15, 0.2) is 48.5 Å². The summed E-state index contributed by atoms with van der Waals surface area (Å²) < 4.78 is 11.4. The molecule has 0 spiro atoms. The van der Waals surface area contributed by atoms with Crippen molar-refractivity contribution in [3.63, 3.8) is 0 Å². The molecule has 0 fully saturated rings. The van der Waals surface area contributed by atoms with Crippen molar-refractivity contribution in [1.29, 1.82) is 0 Å². The summed E-state index contributed by atoms with van der Waals surface area (Å²) in [6, 6.07) is 14.0. The van der Waals surface area contributed by atoms with Gasteiger partial charge in [0, 0.05) is 5.56 Å². The van der Waals surface area contributed by atoms with E-state index in [-0.39, 0.29) is 17.9 Å². The van der Waals surface area contributed by atoms with Gasteiger partial charge in [0.25, 0.3) is 5.91 Å². The maximum absolute atomic E-state index is 12.2. The van der Waals surface area contributed by atoms with Crippen LogP contribution in [0.3, 0.4) is 0 Å². The predicted octanol–water partition coefficient (Wildman–Crippen LogP) is 2.07. The van der Waals surface area contributed by atoms with Gasteiger partial charge in [0.05, 0.1) is 6.54 Å². The van der Waals surface area contributed by atoms with Crippen molar-refractivity contribution in [2.75, 3.05) is 13.2 Å². The van der Waals surface area contributed by atoms with Crippen LogP contribution in [0.25, 0.3) is 0 Å². The molecule has 2 amide bonds. The molecule has 0 aliphatic carbocycles. The van der Waals surface area contributed by atoms with Crippen molar-refractivity contribution < 1.29 is 19.1 Å². The van der Waals surface area contributed by atoms with Gasteiger partial charge >= 0.3 is 0 Å². The number of ether oxygens (including phenoxy) is 2. The maximum atomic E-state index is 12.2. The Labute approximate surface area is 152 Å². The fraction of sp³-hybridized carbons (Fsp3) is 0.300. The number of amides is 2. The van der Waals surface area contributed by atoms with Crippen LogP contribution in [0, 0.1) is 6.92 Å². The lowest BCUT2D eigenvalue weighted by molar-refractivity contribution is -0.123. The molecule has 136 valence electrons. The Hall–Kier alpha value is -3.02. The molecule has 0 radical (unpaired) electrons. The monoisotopic (exact) mass is 354 g/mol. The minimum Gasteiger partial charge on any atom is -0.486 e. The van der Waals surface area contributed by atoms with Crippen LogP contribution in [-0.2, 0) is 4.79 Å². The molecule has 0 saturated carbocycles. The third-order valence-electron chi connectivity index (χ3n) is 4.09. The van der Waals surface area contributed by atoms with E-state index in [1.54, 1.807) is 19.1 Å². The number of aryl methyl sites for hydroxylation is 1. The zero-order valence-corrected chi connectivity index (χ0v) is 14.8. The van der Waals surface area contributed by atoms with Crippen molar-refractivity contribution >= 4 is 11.8 Å². The van der Waals surface area contributed by atoms with Crippen molar-refractivity contribution in [3.8, 4) is 11.5 Å². The smallest absolute Gasteiger partial charge is 0.251 e. The molecule has 0 bridgehead atoms. The highest BCUT2D eigenvalue weighted by molar-refractivity contribution is 5.97. The largest absolute Gasteiger partial charge is 0.486 e.